The van der Waals surface area contributed by atoms with Crippen molar-refractivity contribution in [2.75, 3.05) is 31.9 Å². The summed E-state index contributed by atoms with van der Waals surface area (Å²) in [5, 5.41) is 3.04. The van der Waals surface area contributed by atoms with E-state index >= 15 is 0 Å². The predicted octanol–water partition coefficient (Wildman–Crippen LogP) is 1.97. The minimum atomic E-state index is 0.190. The SMILES string of the molecule is C[C@@H]1CCC[NH+](CC(=O)NCCSc2ccc(Br)cc2)C1. The normalized spacial score (nSPS) is 22.0. The van der Waals surface area contributed by atoms with E-state index in [1.807, 2.05) is 12.1 Å². The molecule has 1 aliphatic heterocycles. The summed E-state index contributed by atoms with van der Waals surface area (Å²) in [7, 11) is 0. The summed E-state index contributed by atoms with van der Waals surface area (Å²) >= 11 is 5.20. The Bertz CT molecular complexity index is 452. The van der Waals surface area contributed by atoms with Crippen LogP contribution in [0, 0.1) is 5.92 Å². The highest BCUT2D eigenvalue weighted by molar-refractivity contribution is 9.10. The predicted molar refractivity (Wildman–Crippen MR) is 91.8 cm³/mol. The van der Waals surface area contributed by atoms with Crippen LogP contribution in [0.4, 0.5) is 0 Å². The zero-order chi connectivity index (χ0) is 15.1. The number of likely N-dealkylation sites (tertiary alicyclic amines) is 1. The minimum absolute atomic E-state index is 0.190. The lowest BCUT2D eigenvalue weighted by Crippen LogP contribution is -3.14. The first-order chi connectivity index (χ1) is 10.1. The Labute approximate surface area is 140 Å². The van der Waals surface area contributed by atoms with E-state index in [4.69, 9.17) is 0 Å². The molecule has 1 fully saturated rings. The first kappa shape index (κ1) is 16.8. The van der Waals surface area contributed by atoms with E-state index in [1.54, 1.807) is 11.8 Å². The number of thioether (sulfide) groups is 1. The number of rotatable bonds is 6. The van der Waals surface area contributed by atoms with Crippen molar-refractivity contribution < 1.29 is 9.69 Å². The number of carbonyl (C=O) groups excluding carboxylic acids is 1. The summed E-state index contributed by atoms with van der Waals surface area (Å²) in [5.41, 5.74) is 0. The fourth-order valence-electron chi connectivity index (χ4n) is 2.74. The Hall–Kier alpha value is -0.520. The number of hydrogen-bond acceptors (Lipinski definition) is 2. The summed E-state index contributed by atoms with van der Waals surface area (Å²) in [5.74, 6) is 1.86. The number of halogens is 1. The van der Waals surface area contributed by atoms with Gasteiger partial charge in [0.05, 0.1) is 13.1 Å². The molecule has 3 nitrogen and oxygen atoms in total. The number of nitrogens with one attached hydrogen (secondary N) is 2. The summed E-state index contributed by atoms with van der Waals surface area (Å²) in [4.78, 5) is 14.6. The highest BCUT2D eigenvalue weighted by Crippen LogP contribution is 2.19. The van der Waals surface area contributed by atoms with Crippen molar-refractivity contribution in [3.05, 3.63) is 28.7 Å². The molecule has 1 unspecified atom stereocenters. The molecule has 0 spiro atoms. The first-order valence-corrected chi connectivity index (χ1v) is 9.40. The van der Waals surface area contributed by atoms with Crippen molar-refractivity contribution in [2.24, 2.45) is 5.92 Å². The molecule has 2 N–H and O–H groups in total. The van der Waals surface area contributed by atoms with Gasteiger partial charge in [-0.1, -0.05) is 22.9 Å². The number of carbonyl (C=O) groups is 1. The van der Waals surface area contributed by atoms with Crippen LogP contribution in [-0.4, -0.2) is 37.8 Å². The van der Waals surface area contributed by atoms with Gasteiger partial charge in [-0.3, -0.25) is 4.79 Å². The molecule has 1 aromatic rings. The molecule has 116 valence electrons. The molecule has 1 aliphatic rings. The van der Waals surface area contributed by atoms with E-state index in [0.29, 0.717) is 6.54 Å². The highest BCUT2D eigenvalue weighted by atomic mass is 79.9. The van der Waals surface area contributed by atoms with Gasteiger partial charge in [-0.15, -0.1) is 11.8 Å². The zero-order valence-corrected chi connectivity index (χ0v) is 14.9. The summed E-state index contributed by atoms with van der Waals surface area (Å²) in [6.45, 7) is 5.94. The van der Waals surface area contributed by atoms with Crippen LogP contribution in [0.5, 0.6) is 0 Å². The van der Waals surface area contributed by atoms with Gasteiger partial charge in [-0.2, -0.15) is 0 Å². The van der Waals surface area contributed by atoms with Crippen LogP contribution < -0.4 is 10.2 Å². The van der Waals surface area contributed by atoms with Gasteiger partial charge in [-0.25, -0.2) is 0 Å². The van der Waals surface area contributed by atoms with Crippen molar-refractivity contribution in [1.82, 2.24) is 5.32 Å². The molecule has 1 aromatic carbocycles. The second-order valence-electron chi connectivity index (χ2n) is 5.78. The number of amides is 1. The van der Waals surface area contributed by atoms with Gasteiger partial charge in [0.15, 0.2) is 6.54 Å². The lowest BCUT2D eigenvalue weighted by molar-refractivity contribution is -0.900. The van der Waals surface area contributed by atoms with E-state index in [9.17, 15) is 4.79 Å². The van der Waals surface area contributed by atoms with Crippen molar-refractivity contribution >= 4 is 33.6 Å². The summed E-state index contributed by atoms with van der Waals surface area (Å²) in [6.07, 6.45) is 2.57. The molecule has 2 rings (SSSR count). The third kappa shape index (κ3) is 6.41. The number of hydrogen-bond donors (Lipinski definition) is 2. The molecule has 2 atom stereocenters. The lowest BCUT2D eigenvalue weighted by Gasteiger charge is -2.27. The van der Waals surface area contributed by atoms with Gasteiger partial charge in [0.2, 0.25) is 0 Å². The Morgan fingerprint density at radius 3 is 2.90 bits per heavy atom. The Balaban J connectivity index is 1.59. The molecule has 1 heterocycles. The van der Waals surface area contributed by atoms with Gasteiger partial charge in [0.25, 0.3) is 5.91 Å². The molecule has 1 saturated heterocycles. The maximum absolute atomic E-state index is 11.9. The topological polar surface area (TPSA) is 33.5 Å². The van der Waals surface area contributed by atoms with Gasteiger partial charge >= 0.3 is 0 Å². The molecular formula is C16H24BrN2OS+. The van der Waals surface area contributed by atoms with Gasteiger partial charge in [-0.05, 0) is 37.1 Å². The van der Waals surface area contributed by atoms with Crippen molar-refractivity contribution in [3.63, 3.8) is 0 Å². The van der Waals surface area contributed by atoms with Crippen molar-refractivity contribution in [2.45, 2.75) is 24.7 Å². The van der Waals surface area contributed by atoms with E-state index in [-0.39, 0.29) is 5.91 Å². The molecule has 0 saturated carbocycles. The van der Waals surface area contributed by atoms with Crippen LogP contribution in [0.2, 0.25) is 0 Å². The van der Waals surface area contributed by atoms with Gasteiger partial charge in [0.1, 0.15) is 0 Å². The van der Waals surface area contributed by atoms with Crippen molar-refractivity contribution in [1.29, 1.82) is 0 Å². The van der Waals surface area contributed by atoms with Crippen LogP contribution in [0.25, 0.3) is 0 Å². The molecule has 1 amide bonds. The Kier molecular flexibility index (Phi) is 7.07. The van der Waals surface area contributed by atoms with Crippen LogP contribution in [0.3, 0.4) is 0 Å². The molecule has 0 aromatic heterocycles. The fourth-order valence-corrected chi connectivity index (χ4v) is 3.77. The first-order valence-electron chi connectivity index (χ1n) is 7.62. The largest absolute Gasteiger partial charge is 0.350 e. The molecule has 5 heteroatoms. The van der Waals surface area contributed by atoms with E-state index in [1.165, 1.54) is 22.6 Å². The smallest absolute Gasteiger partial charge is 0.275 e. The quantitative estimate of drug-likeness (QED) is 0.592. The third-order valence-corrected chi connectivity index (χ3v) is 5.32. The van der Waals surface area contributed by atoms with Crippen molar-refractivity contribution in [3.8, 4) is 0 Å². The maximum Gasteiger partial charge on any atom is 0.275 e. The maximum atomic E-state index is 11.9. The number of piperidine rings is 1. The summed E-state index contributed by atoms with van der Waals surface area (Å²) < 4.78 is 1.10. The zero-order valence-electron chi connectivity index (χ0n) is 12.5. The third-order valence-electron chi connectivity index (χ3n) is 3.78. The lowest BCUT2D eigenvalue weighted by atomic mass is 10.0. The number of benzene rings is 1. The second-order valence-corrected chi connectivity index (χ2v) is 7.86. The van der Waals surface area contributed by atoms with Crippen LogP contribution >= 0.6 is 27.7 Å². The average Bonchev–Trinajstić information content (AvgIpc) is 2.45. The number of quaternary nitrogens is 1. The van der Waals surface area contributed by atoms with Crippen LogP contribution in [0.15, 0.2) is 33.6 Å². The monoisotopic (exact) mass is 371 g/mol. The molecule has 0 bridgehead atoms. The van der Waals surface area contributed by atoms with Crippen LogP contribution in [0.1, 0.15) is 19.8 Å². The Morgan fingerprint density at radius 2 is 2.19 bits per heavy atom. The molecule has 0 radical (unpaired) electrons. The van der Waals surface area contributed by atoms with Gasteiger partial charge in [0, 0.05) is 27.6 Å². The minimum Gasteiger partial charge on any atom is -0.350 e. The van der Waals surface area contributed by atoms with E-state index < -0.39 is 0 Å². The van der Waals surface area contributed by atoms with Gasteiger partial charge < -0.3 is 10.2 Å². The van der Waals surface area contributed by atoms with E-state index in [0.717, 1.165) is 35.8 Å². The second kappa shape index (κ2) is 8.81. The fraction of sp³-hybridized carbons (Fsp3) is 0.562. The standard InChI is InChI=1S/C16H23BrN2OS/c1-13-3-2-9-19(11-13)12-16(20)18-8-10-21-15-6-4-14(17)5-7-15/h4-7,13H,2-3,8-12H2,1H3,(H,18,20)/p+1/t13-/m1/s1. The van der Waals surface area contributed by atoms with E-state index in [2.05, 4.69) is 40.3 Å². The van der Waals surface area contributed by atoms with Crippen LogP contribution in [-0.2, 0) is 4.79 Å². The molecule has 0 aliphatic carbocycles. The average molecular weight is 372 g/mol. The Morgan fingerprint density at radius 1 is 1.43 bits per heavy atom. The highest BCUT2D eigenvalue weighted by Gasteiger charge is 2.21. The molecular weight excluding hydrogens is 348 g/mol. The molecule has 21 heavy (non-hydrogen) atoms. The summed E-state index contributed by atoms with van der Waals surface area (Å²) in [6, 6.07) is 8.27.